The van der Waals surface area contributed by atoms with Crippen molar-refractivity contribution in [3.63, 3.8) is 0 Å². The lowest BCUT2D eigenvalue weighted by Crippen LogP contribution is -2.50. The van der Waals surface area contributed by atoms with Crippen molar-refractivity contribution in [2.24, 2.45) is 5.92 Å². The molecule has 0 aliphatic carbocycles. The van der Waals surface area contributed by atoms with E-state index in [0.717, 1.165) is 31.8 Å². The van der Waals surface area contributed by atoms with Gasteiger partial charge in [0, 0.05) is 24.1 Å². The van der Waals surface area contributed by atoms with Crippen LogP contribution in [-0.4, -0.2) is 39.1 Å². The fourth-order valence-corrected chi connectivity index (χ4v) is 6.66. The van der Waals surface area contributed by atoms with Crippen LogP contribution in [-0.2, 0) is 22.7 Å². The molecular weight excluding hydrogens is 557 g/mol. The zero-order chi connectivity index (χ0) is 25.5. The van der Waals surface area contributed by atoms with Crippen LogP contribution in [0.3, 0.4) is 0 Å². The lowest BCUT2D eigenvalue weighted by Gasteiger charge is -2.43. The number of fused-ring (bicyclic) bond motifs is 1. The zero-order valence-electron chi connectivity index (χ0n) is 19.2. The number of ether oxygens (including phenoxy) is 1. The third-order valence-corrected chi connectivity index (χ3v) is 8.75. The predicted octanol–water partition coefficient (Wildman–Crippen LogP) is 5.95. The molecule has 0 spiro atoms. The van der Waals surface area contributed by atoms with Crippen LogP contribution in [0.1, 0.15) is 17.5 Å². The van der Waals surface area contributed by atoms with E-state index in [-0.39, 0.29) is 6.54 Å². The van der Waals surface area contributed by atoms with Crippen molar-refractivity contribution >= 4 is 31.6 Å². The number of likely N-dealkylation sites (tertiary alicyclic amines) is 1. The molecular formula is C26H24BrF3N2O3S. The van der Waals surface area contributed by atoms with Gasteiger partial charge in [-0.15, -0.1) is 0 Å². The first-order valence-electron chi connectivity index (χ1n) is 11.5. The minimum atomic E-state index is -4.64. The predicted molar refractivity (Wildman–Crippen MR) is 134 cm³/mol. The summed E-state index contributed by atoms with van der Waals surface area (Å²) in [6.45, 7) is 2.64. The number of sulfonamides is 1. The lowest BCUT2D eigenvalue weighted by atomic mass is 9.92. The van der Waals surface area contributed by atoms with E-state index in [1.165, 1.54) is 15.9 Å². The molecule has 0 saturated carbocycles. The van der Waals surface area contributed by atoms with Gasteiger partial charge in [-0.1, -0.05) is 52.3 Å². The number of hydrogen-bond donors (Lipinski definition) is 0. The first kappa shape index (κ1) is 25.1. The Bertz CT molecular complexity index is 1350. The Morgan fingerprint density at radius 2 is 1.69 bits per heavy atom. The molecule has 0 aromatic heterocycles. The normalized spacial score (nSPS) is 18.9. The monoisotopic (exact) mass is 580 g/mol. The van der Waals surface area contributed by atoms with Crippen LogP contribution in [0.5, 0.6) is 5.75 Å². The van der Waals surface area contributed by atoms with Crippen LogP contribution < -0.4 is 9.04 Å². The number of benzene rings is 3. The average Bonchev–Trinajstić information content (AvgIpc) is 2.82. The standard InChI is InChI=1S/C26H24BrF3N2O3S/c27-21-9-10-25-24(13-21)32(36(33,34)23-8-4-7-20(12-23)26(28,29)30)17-22(35-25)11-19-15-31(16-19)14-18-5-2-1-3-6-18/h1-10,12-13,19,22H,11,14-17H2. The van der Waals surface area contributed by atoms with E-state index >= 15 is 0 Å². The summed E-state index contributed by atoms with van der Waals surface area (Å²) in [5.41, 5.74) is 0.538. The van der Waals surface area contributed by atoms with E-state index in [2.05, 4.69) is 33.0 Å². The van der Waals surface area contributed by atoms with Gasteiger partial charge in [0.2, 0.25) is 0 Å². The van der Waals surface area contributed by atoms with Crippen LogP contribution in [0.15, 0.2) is 82.2 Å². The van der Waals surface area contributed by atoms with Crippen molar-refractivity contribution in [3.8, 4) is 5.75 Å². The Hall–Kier alpha value is -2.56. The molecule has 1 fully saturated rings. The van der Waals surface area contributed by atoms with Crippen molar-refractivity contribution in [2.75, 3.05) is 23.9 Å². The van der Waals surface area contributed by atoms with Gasteiger partial charge in [0.15, 0.2) is 0 Å². The largest absolute Gasteiger partial charge is 0.486 e. The summed E-state index contributed by atoms with van der Waals surface area (Å²) < 4.78 is 75.0. The molecule has 0 bridgehead atoms. The molecule has 10 heteroatoms. The van der Waals surface area contributed by atoms with Crippen LogP contribution in [0.25, 0.3) is 0 Å². The third kappa shape index (κ3) is 5.26. The highest BCUT2D eigenvalue weighted by molar-refractivity contribution is 9.10. The van der Waals surface area contributed by atoms with Gasteiger partial charge < -0.3 is 4.74 Å². The molecule has 5 nitrogen and oxygen atoms in total. The zero-order valence-corrected chi connectivity index (χ0v) is 21.6. The van der Waals surface area contributed by atoms with Crippen LogP contribution in [0.2, 0.25) is 0 Å². The van der Waals surface area contributed by atoms with Crippen molar-refractivity contribution in [1.29, 1.82) is 0 Å². The maximum Gasteiger partial charge on any atom is 0.416 e. The molecule has 190 valence electrons. The lowest BCUT2D eigenvalue weighted by molar-refractivity contribution is -0.137. The topological polar surface area (TPSA) is 49.9 Å². The maximum absolute atomic E-state index is 13.6. The Morgan fingerprint density at radius 1 is 0.944 bits per heavy atom. The van der Waals surface area contributed by atoms with Gasteiger partial charge in [-0.25, -0.2) is 8.42 Å². The SMILES string of the molecule is O=S(=O)(c1cccc(C(F)(F)F)c1)N1CC(CC2CN(Cc3ccccc3)C2)Oc2ccc(Br)cc21. The van der Waals surface area contributed by atoms with E-state index in [0.29, 0.717) is 34.3 Å². The van der Waals surface area contributed by atoms with Gasteiger partial charge in [0.05, 0.1) is 22.7 Å². The van der Waals surface area contributed by atoms with Crippen molar-refractivity contribution in [1.82, 2.24) is 4.90 Å². The second-order valence-corrected chi connectivity index (χ2v) is 12.0. The number of hydrogen-bond acceptors (Lipinski definition) is 4. The number of nitrogens with zero attached hydrogens (tertiary/aromatic N) is 2. The summed E-state index contributed by atoms with van der Waals surface area (Å²) in [5.74, 6) is 0.735. The van der Waals surface area contributed by atoms with E-state index in [1.807, 2.05) is 18.2 Å². The summed E-state index contributed by atoms with van der Waals surface area (Å²) in [6, 6.07) is 19.1. The first-order valence-corrected chi connectivity index (χ1v) is 13.8. The minimum absolute atomic E-state index is 0.0250. The third-order valence-electron chi connectivity index (χ3n) is 6.48. The molecule has 1 unspecified atom stereocenters. The Kier molecular flexibility index (Phi) is 6.78. The highest BCUT2D eigenvalue weighted by Crippen LogP contribution is 2.41. The number of anilines is 1. The van der Waals surface area contributed by atoms with E-state index in [9.17, 15) is 21.6 Å². The van der Waals surface area contributed by atoms with E-state index in [4.69, 9.17) is 4.74 Å². The first-order chi connectivity index (χ1) is 17.1. The summed E-state index contributed by atoms with van der Waals surface area (Å²) in [5, 5.41) is 0. The molecule has 36 heavy (non-hydrogen) atoms. The van der Waals surface area contributed by atoms with Gasteiger partial charge >= 0.3 is 6.18 Å². The van der Waals surface area contributed by atoms with Crippen LogP contribution >= 0.6 is 15.9 Å². The van der Waals surface area contributed by atoms with Gasteiger partial charge in [-0.2, -0.15) is 13.2 Å². The second kappa shape index (κ2) is 9.72. The number of rotatable bonds is 6. The quantitative estimate of drug-likeness (QED) is 0.362. The Morgan fingerprint density at radius 3 is 2.42 bits per heavy atom. The van der Waals surface area contributed by atoms with Gasteiger partial charge in [-0.3, -0.25) is 9.21 Å². The van der Waals surface area contributed by atoms with Gasteiger partial charge in [-0.05, 0) is 54.3 Å². The molecule has 5 rings (SSSR count). The average molecular weight is 581 g/mol. The smallest absolute Gasteiger partial charge is 0.416 e. The van der Waals surface area contributed by atoms with Gasteiger partial charge in [0.1, 0.15) is 11.9 Å². The molecule has 0 N–H and O–H groups in total. The summed E-state index contributed by atoms with van der Waals surface area (Å²) in [6.07, 6.45) is -4.41. The van der Waals surface area contributed by atoms with Crippen molar-refractivity contribution < 1.29 is 26.3 Å². The maximum atomic E-state index is 13.6. The summed E-state index contributed by atoms with van der Waals surface area (Å²) >= 11 is 3.36. The molecule has 1 saturated heterocycles. The Balaban J connectivity index is 1.35. The van der Waals surface area contributed by atoms with Crippen LogP contribution in [0, 0.1) is 5.92 Å². The van der Waals surface area contributed by atoms with Crippen molar-refractivity contribution in [2.45, 2.75) is 30.1 Å². The molecule has 2 heterocycles. The molecule has 1 atom stereocenters. The number of alkyl halides is 3. The molecule has 2 aliphatic heterocycles. The molecule has 2 aliphatic rings. The fraction of sp³-hybridized carbons (Fsp3) is 0.308. The van der Waals surface area contributed by atoms with Gasteiger partial charge in [0.25, 0.3) is 10.0 Å². The van der Waals surface area contributed by atoms with E-state index in [1.54, 1.807) is 18.2 Å². The second-order valence-electron chi connectivity index (χ2n) is 9.20. The Labute approximate surface area is 216 Å². The van der Waals surface area contributed by atoms with Crippen molar-refractivity contribution in [3.05, 3.63) is 88.4 Å². The molecule has 0 amide bonds. The van der Waals surface area contributed by atoms with E-state index < -0.39 is 32.8 Å². The molecule has 3 aromatic rings. The van der Waals surface area contributed by atoms with Crippen LogP contribution in [0.4, 0.5) is 18.9 Å². The fourth-order valence-electron chi connectivity index (χ4n) is 4.76. The highest BCUT2D eigenvalue weighted by Gasteiger charge is 2.39. The summed E-state index contributed by atoms with van der Waals surface area (Å²) in [7, 11) is -4.26. The highest BCUT2D eigenvalue weighted by atomic mass is 79.9. The minimum Gasteiger partial charge on any atom is -0.486 e. The molecule has 0 radical (unpaired) electrons. The molecule has 3 aromatic carbocycles. The number of halogens is 4. The summed E-state index contributed by atoms with van der Waals surface area (Å²) in [4.78, 5) is 1.92.